The molecular formula is C16H28N2O2. The van der Waals surface area contributed by atoms with Crippen LogP contribution in [0, 0.1) is 6.92 Å². The fourth-order valence-electron chi connectivity index (χ4n) is 2.45. The third-order valence-corrected chi connectivity index (χ3v) is 3.43. The molecule has 0 aromatic heterocycles. The van der Waals surface area contributed by atoms with Gasteiger partial charge in [-0.25, -0.2) is 0 Å². The summed E-state index contributed by atoms with van der Waals surface area (Å²) < 4.78 is 10.5. The summed E-state index contributed by atoms with van der Waals surface area (Å²) in [5.41, 5.74) is 9.55. The van der Waals surface area contributed by atoms with Gasteiger partial charge in [-0.3, -0.25) is 0 Å². The lowest BCUT2D eigenvalue weighted by atomic mass is 10.0. The highest BCUT2D eigenvalue weighted by molar-refractivity contribution is 5.56. The van der Waals surface area contributed by atoms with Crippen LogP contribution in [0.2, 0.25) is 0 Å². The molecule has 1 aromatic carbocycles. The van der Waals surface area contributed by atoms with E-state index in [4.69, 9.17) is 15.2 Å². The first-order chi connectivity index (χ1) is 9.63. The number of methoxy groups -OCH3 is 2. The second-order valence-corrected chi connectivity index (χ2v) is 5.16. The van der Waals surface area contributed by atoms with Crippen LogP contribution in [0.5, 0.6) is 0 Å². The Labute approximate surface area is 122 Å². The van der Waals surface area contributed by atoms with Crippen molar-refractivity contribution in [2.24, 2.45) is 5.73 Å². The van der Waals surface area contributed by atoms with Crippen LogP contribution in [0.3, 0.4) is 0 Å². The Morgan fingerprint density at radius 2 is 2.00 bits per heavy atom. The van der Waals surface area contributed by atoms with E-state index in [2.05, 4.69) is 36.9 Å². The summed E-state index contributed by atoms with van der Waals surface area (Å²) in [4.78, 5) is 2.34. The van der Waals surface area contributed by atoms with E-state index in [-0.39, 0.29) is 0 Å². The summed E-state index contributed by atoms with van der Waals surface area (Å²) in [6.45, 7) is 7.19. The Bertz CT molecular complexity index is 396. The molecule has 1 atom stereocenters. The first-order valence-electron chi connectivity index (χ1n) is 7.18. The Balaban J connectivity index is 3.04. The third-order valence-electron chi connectivity index (χ3n) is 3.43. The largest absolute Gasteiger partial charge is 0.383 e. The molecule has 4 heteroatoms. The average Bonchev–Trinajstić information content (AvgIpc) is 2.42. The van der Waals surface area contributed by atoms with E-state index in [0.29, 0.717) is 25.8 Å². The van der Waals surface area contributed by atoms with Crippen LogP contribution in [0.25, 0.3) is 0 Å². The molecule has 1 unspecified atom stereocenters. The summed E-state index contributed by atoms with van der Waals surface area (Å²) in [7, 11) is 3.47. The molecule has 2 N–H and O–H groups in total. The monoisotopic (exact) mass is 280 g/mol. The molecule has 1 aromatic rings. The van der Waals surface area contributed by atoms with Gasteiger partial charge in [0.25, 0.3) is 0 Å². The summed E-state index contributed by atoms with van der Waals surface area (Å²) in [5.74, 6) is 0. The second kappa shape index (κ2) is 8.95. The van der Waals surface area contributed by atoms with Crippen molar-refractivity contribution >= 4 is 5.69 Å². The van der Waals surface area contributed by atoms with Gasteiger partial charge in [0.15, 0.2) is 0 Å². The summed E-state index contributed by atoms with van der Waals surface area (Å²) in [6, 6.07) is 6.85. The number of hydrogen-bond acceptors (Lipinski definition) is 4. The molecule has 0 aliphatic rings. The summed E-state index contributed by atoms with van der Waals surface area (Å²) >= 11 is 0. The molecule has 0 amide bonds. The SMILES string of the molecule is COCCN(c1ccc(C)cc1CCN)C(C)COC. The van der Waals surface area contributed by atoms with Crippen molar-refractivity contribution in [2.45, 2.75) is 26.3 Å². The van der Waals surface area contributed by atoms with Gasteiger partial charge < -0.3 is 20.1 Å². The van der Waals surface area contributed by atoms with Crippen molar-refractivity contribution in [3.05, 3.63) is 29.3 Å². The van der Waals surface area contributed by atoms with Gasteiger partial charge in [0.2, 0.25) is 0 Å². The molecule has 4 nitrogen and oxygen atoms in total. The number of hydrogen-bond donors (Lipinski definition) is 1. The van der Waals surface area contributed by atoms with Gasteiger partial charge in [0, 0.05) is 32.5 Å². The lowest BCUT2D eigenvalue weighted by Gasteiger charge is -2.32. The van der Waals surface area contributed by atoms with Gasteiger partial charge in [0.1, 0.15) is 0 Å². The third kappa shape index (κ3) is 4.78. The lowest BCUT2D eigenvalue weighted by Crippen LogP contribution is -2.39. The fourth-order valence-corrected chi connectivity index (χ4v) is 2.45. The van der Waals surface area contributed by atoms with Crippen LogP contribution >= 0.6 is 0 Å². The van der Waals surface area contributed by atoms with Crippen molar-refractivity contribution in [1.82, 2.24) is 0 Å². The number of aryl methyl sites for hydroxylation is 1. The number of ether oxygens (including phenoxy) is 2. The molecular weight excluding hydrogens is 252 g/mol. The minimum absolute atomic E-state index is 0.300. The lowest BCUT2D eigenvalue weighted by molar-refractivity contribution is 0.171. The molecule has 0 heterocycles. The highest BCUT2D eigenvalue weighted by atomic mass is 16.5. The van der Waals surface area contributed by atoms with Crippen LogP contribution in [0.4, 0.5) is 5.69 Å². The molecule has 0 spiro atoms. The molecule has 0 saturated carbocycles. The van der Waals surface area contributed by atoms with E-state index in [0.717, 1.165) is 13.0 Å². The number of anilines is 1. The van der Waals surface area contributed by atoms with E-state index in [1.165, 1.54) is 16.8 Å². The van der Waals surface area contributed by atoms with Gasteiger partial charge in [-0.15, -0.1) is 0 Å². The predicted octanol–water partition coefficient (Wildman–Crippen LogP) is 1.98. The topological polar surface area (TPSA) is 47.7 Å². The molecule has 0 fully saturated rings. The van der Waals surface area contributed by atoms with Crippen LogP contribution in [-0.4, -0.2) is 46.6 Å². The minimum Gasteiger partial charge on any atom is -0.383 e. The molecule has 0 aliphatic carbocycles. The van der Waals surface area contributed by atoms with Crippen molar-refractivity contribution in [2.75, 3.05) is 45.4 Å². The van der Waals surface area contributed by atoms with Crippen molar-refractivity contribution < 1.29 is 9.47 Å². The molecule has 0 bridgehead atoms. The summed E-state index contributed by atoms with van der Waals surface area (Å²) in [6.07, 6.45) is 0.889. The van der Waals surface area contributed by atoms with E-state index in [1.54, 1.807) is 14.2 Å². The number of nitrogens with zero attached hydrogens (tertiary/aromatic N) is 1. The standard InChI is InChI=1S/C16H28N2O2/c1-13-5-6-16(15(11-13)7-8-17)18(9-10-19-3)14(2)12-20-4/h5-6,11,14H,7-10,12,17H2,1-4H3. The first-order valence-corrected chi connectivity index (χ1v) is 7.18. The number of nitrogens with two attached hydrogens (primary N) is 1. The van der Waals surface area contributed by atoms with Gasteiger partial charge in [0.05, 0.1) is 13.2 Å². The van der Waals surface area contributed by atoms with Crippen molar-refractivity contribution in [3.8, 4) is 0 Å². The van der Waals surface area contributed by atoms with Crippen LogP contribution in [0.1, 0.15) is 18.1 Å². The minimum atomic E-state index is 0.300. The van der Waals surface area contributed by atoms with Gasteiger partial charge in [-0.05, 0) is 38.4 Å². The second-order valence-electron chi connectivity index (χ2n) is 5.16. The van der Waals surface area contributed by atoms with Crippen molar-refractivity contribution in [1.29, 1.82) is 0 Å². The zero-order chi connectivity index (χ0) is 15.0. The maximum Gasteiger partial charge on any atom is 0.0663 e. The van der Waals surface area contributed by atoms with Crippen LogP contribution in [-0.2, 0) is 15.9 Å². The van der Waals surface area contributed by atoms with Gasteiger partial charge in [-0.1, -0.05) is 17.7 Å². The van der Waals surface area contributed by atoms with Gasteiger partial charge in [-0.2, -0.15) is 0 Å². The predicted molar refractivity (Wildman–Crippen MR) is 84.5 cm³/mol. The molecule has 20 heavy (non-hydrogen) atoms. The number of rotatable bonds is 9. The summed E-state index contributed by atoms with van der Waals surface area (Å²) in [5, 5.41) is 0. The van der Waals surface area contributed by atoms with E-state index < -0.39 is 0 Å². The van der Waals surface area contributed by atoms with Gasteiger partial charge >= 0.3 is 0 Å². The Morgan fingerprint density at radius 1 is 1.25 bits per heavy atom. The average molecular weight is 280 g/mol. The zero-order valence-corrected chi connectivity index (χ0v) is 13.2. The normalized spacial score (nSPS) is 12.4. The zero-order valence-electron chi connectivity index (χ0n) is 13.2. The van der Waals surface area contributed by atoms with E-state index >= 15 is 0 Å². The first kappa shape index (κ1) is 17.0. The fraction of sp³-hybridized carbons (Fsp3) is 0.625. The van der Waals surface area contributed by atoms with E-state index in [1.807, 2.05) is 0 Å². The maximum atomic E-state index is 5.75. The smallest absolute Gasteiger partial charge is 0.0663 e. The van der Waals surface area contributed by atoms with E-state index in [9.17, 15) is 0 Å². The molecule has 0 radical (unpaired) electrons. The quantitative estimate of drug-likeness (QED) is 0.751. The van der Waals surface area contributed by atoms with Crippen LogP contribution < -0.4 is 10.6 Å². The molecule has 114 valence electrons. The van der Waals surface area contributed by atoms with Crippen LogP contribution in [0.15, 0.2) is 18.2 Å². The van der Waals surface area contributed by atoms with Crippen molar-refractivity contribution in [3.63, 3.8) is 0 Å². The Morgan fingerprint density at radius 3 is 2.60 bits per heavy atom. The molecule has 0 saturated heterocycles. The highest BCUT2D eigenvalue weighted by Crippen LogP contribution is 2.24. The Kier molecular flexibility index (Phi) is 7.59. The highest BCUT2D eigenvalue weighted by Gasteiger charge is 2.17. The maximum absolute atomic E-state index is 5.75. The number of benzene rings is 1. The molecule has 0 aliphatic heterocycles. The Hall–Kier alpha value is -1.10. The molecule has 1 rings (SSSR count).